The maximum Gasteiger partial charge on any atom is 0.293 e. The molecule has 10 nitrogen and oxygen atoms in total. The van der Waals surface area contributed by atoms with Crippen molar-refractivity contribution in [3.8, 4) is 0 Å². The number of nitrogens with two attached hydrogens (primary N) is 2. The summed E-state index contributed by atoms with van der Waals surface area (Å²) in [6.07, 6.45) is 1.68. The van der Waals surface area contributed by atoms with Crippen LogP contribution in [0, 0.1) is 20.2 Å². The number of benzene rings is 3. The van der Waals surface area contributed by atoms with Gasteiger partial charge in [0.25, 0.3) is 11.4 Å². The molecule has 0 atom stereocenters. The van der Waals surface area contributed by atoms with E-state index >= 15 is 0 Å². The lowest BCUT2D eigenvalue weighted by atomic mass is 9.96. The number of rotatable bonds is 4. The summed E-state index contributed by atoms with van der Waals surface area (Å²) in [7, 11) is 0. The normalized spacial score (nSPS) is 14.3. The van der Waals surface area contributed by atoms with Crippen molar-refractivity contribution in [1.82, 2.24) is 10.2 Å². The minimum atomic E-state index is -0.449. The van der Waals surface area contributed by atoms with Crippen molar-refractivity contribution >= 4 is 67.0 Å². The van der Waals surface area contributed by atoms with Crippen LogP contribution in [0.3, 0.4) is 0 Å². The molecule has 0 saturated heterocycles. The second-order valence-corrected chi connectivity index (χ2v) is 10.6. The standard InChI is InChI=1S/C16H16BrN3O2.C9H10BrN3O2.ClH/c17-14-8-15(20(21)22)16(18)13-10-19(7-6-12(13)14)9-11-4-2-1-3-5-11;10-7-3-8(13(14)15)9(11)6-4-12-2-1-5(6)7;/h1-5,8H,6-7,9-10,18H2;3,12H,1-2,4,11H2;1H. The summed E-state index contributed by atoms with van der Waals surface area (Å²) in [4.78, 5) is 23.3. The van der Waals surface area contributed by atoms with Crippen molar-refractivity contribution in [2.45, 2.75) is 32.5 Å². The van der Waals surface area contributed by atoms with Crippen LogP contribution in [-0.2, 0) is 32.5 Å². The van der Waals surface area contributed by atoms with Gasteiger partial charge in [0.15, 0.2) is 0 Å². The predicted octanol–water partition coefficient (Wildman–Crippen LogP) is 5.50. The van der Waals surface area contributed by atoms with Gasteiger partial charge in [-0.05, 0) is 36.1 Å². The van der Waals surface area contributed by atoms with Crippen LogP contribution in [0.1, 0.15) is 27.8 Å². The maximum atomic E-state index is 11.1. The third-order valence-corrected chi connectivity index (χ3v) is 8.00. The molecular formula is C25H27Br2ClN6O4. The van der Waals surface area contributed by atoms with Crippen molar-refractivity contribution in [2.75, 3.05) is 24.6 Å². The van der Waals surface area contributed by atoms with Crippen LogP contribution in [0.25, 0.3) is 0 Å². The molecule has 0 fully saturated rings. The average Bonchev–Trinajstić information content (AvgIpc) is 2.89. The Morgan fingerprint density at radius 2 is 1.42 bits per heavy atom. The summed E-state index contributed by atoms with van der Waals surface area (Å²) in [5, 5.41) is 25.0. The summed E-state index contributed by atoms with van der Waals surface area (Å²) in [6.45, 7) is 3.85. The van der Waals surface area contributed by atoms with Gasteiger partial charge in [0.1, 0.15) is 11.4 Å². The highest BCUT2D eigenvalue weighted by Gasteiger charge is 2.26. The third-order valence-electron chi connectivity index (χ3n) is 6.59. The van der Waals surface area contributed by atoms with Gasteiger partial charge in [-0.1, -0.05) is 62.2 Å². The Labute approximate surface area is 242 Å². The zero-order valence-electron chi connectivity index (χ0n) is 20.3. The molecule has 0 amide bonds. The van der Waals surface area contributed by atoms with Gasteiger partial charge in [-0.3, -0.25) is 25.1 Å². The third kappa shape index (κ3) is 6.44. The first kappa shape index (κ1) is 29.8. The van der Waals surface area contributed by atoms with Crippen LogP contribution in [0.2, 0.25) is 0 Å². The molecule has 0 aliphatic carbocycles. The number of anilines is 2. The van der Waals surface area contributed by atoms with Gasteiger partial charge < -0.3 is 16.8 Å². The summed E-state index contributed by atoms with van der Waals surface area (Å²) in [5.74, 6) is 0. The molecule has 0 bridgehead atoms. The first-order chi connectivity index (χ1) is 17.7. The van der Waals surface area contributed by atoms with E-state index in [-0.39, 0.29) is 29.5 Å². The van der Waals surface area contributed by atoms with Crippen LogP contribution in [-0.4, -0.2) is 27.8 Å². The lowest BCUT2D eigenvalue weighted by Gasteiger charge is -2.30. The smallest absolute Gasteiger partial charge is 0.293 e. The van der Waals surface area contributed by atoms with E-state index in [2.05, 4.69) is 54.2 Å². The fraction of sp³-hybridized carbons (Fsp3) is 0.280. The monoisotopic (exact) mass is 668 g/mol. The molecule has 0 spiro atoms. The number of nitrogens with zero attached hydrogens (tertiary/aromatic N) is 3. The Kier molecular flexibility index (Phi) is 10.1. The largest absolute Gasteiger partial charge is 0.393 e. The molecule has 38 heavy (non-hydrogen) atoms. The molecule has 0 aromatic heterocycles. The van der Waals surface area contributed by atoms with Gasteiger partial charge in [0.2, 0.25) is 0 Å². The van der Waals surface area contributed by atoms with E-state index in [9.17, 15) is 20.2 Å². The number of halogens is 3. The molecule has 0 unspecified atom stereocenters. The molecule has 0 radical (unpaired) electrons. The fourth-order valence-corrected chi connectivity index (χ4v) is 6.00. The number of hydrogen-bond acceptors (Lipinski definition) is 8. The van der Waals surface area contributed by atoms with Gasteiger partial charge >= 0.3 is 0 Å². The van der Waals surface area contributed by atoms with Gasteiger partial charge in [0.05, 0.1) is 9.85 Å². The zero-order valence-corrected chi connectivity index (χ0v) is 24.3. The Morgan fingerprint density at radius 3 is 2.00 bits per heavy atom. The van der Waals surface area contributed by atoms with Crippen LogP contribution < -0.4 is 16.8 Å². The molecule has 2 heterocycles. The quantitative estimate of drug-likeness (QED) is 0.187. The Balaban J connectivity index is 0.000000220. The molecule has 5 rings (SSSR count). The SMILES string of the molecule is Cl.Nc1c([N+](=O)[O-])cc(Br)c2c1CN(Cc1ccccc1)CC2.Nc1c([N+](=O)[O-])cc(Br)c2c1CNCC2. The molecule has 2 aliphatic heterocycles. The lowest BCUT2D eigenvalue weighted by Crippen LogP contribution is -2.31. The van der Waals surface area contributed by atoms with Gasteiger partial charge in [0, 0.05) is 58.4 Å². The Hall–Kier alpha value is -2.77. The van der Waals surface area contributed by atoms with E-state index in [1.54, 1.807) is 0 Å². The lowest BCUT2D eigenvalue weighted by molar-refractivity contribution is -0.384. The first-order valence-corrected chi connectivity index (χ1v) is 13.2. The summed E-state index contributed by atoms with van der Waals surface area (Å²) in [6, 6.07) is 13.2. The highest BCUT2D eigenvalue weighted by atomic mass is 79.9. The molecular weight excluding hydrogens is 644 g/mol. The average molecular weight is 671 g/mol. The second-order valence-electron chi connectivity index (χ2n) is 8.88. The molecule has 2 aliphatic rings. The topological polar surface area (TPSA) is 154 Å². The summed E-state index contributed by atoms with van der Waals surface area (Å²) in [5.41, 5.74) is 17.5. The number of hydrogen-bond donors (Lipinski definition) is 3. The molecule has 3 aromatic carbocycles. The van der Waals surface area contributed by atoms with Crippen LogP contribution in [0.4, 0.5) is 22.7 Å². The minimum Gasteiger partial charge on any atom is -0.393 e. The van der Waals surface area contributed by atoms with E-state index in [0.717, 1.165) is 63.7 Å². The van der Waals surface area contributed by atoms with Crippen molar-refractivity contribution in [3.63, 3.8) is 0 Å². The molecule has 0 saturated carbocycles. The number of nitro groups is 2. The van der Waals surface area contributed by atoms with E-state index in [1.807, 2.05) is 18.2 Å². The zero-order chi connectivity index (χ0) is 26.7. The Bertz CT molecular complexity index is 1360. The van der Waals surface area contributed by atoms with Crippen molar-refractivity contribution in [2.24, 2.45) is 0 Å². The highest BCUT2D eigenvalue weighted by molar-refractivity contribution is 9.10. The minimum absolute atomic E-state index is 0. The first-order valence-electron chi connectivity index (χ1n) is 11.6. The number of nitro benzene ring substituents is 2. The van der Waals surface area contributed by atoms with Crippen molar-refractivity contribution in [1.29, 1.82) is 0 Å². The van der Waals surface area contributed by atoms with Gasteiger partial charge in [-0.25, -0.2) is 0 Å². The van der Waals surface area contributed by atoms with Crippen molar-refractivity contribution in [3.05, 3.63) is 99.5 Å². The molecule has 5 N–H and O–H groups in total. The molecule has 202 valence electrons. The van der Waals surface area contributed by atoms with E-state index < -0.39 is 9.85 Å². The van der Waals surface area contributed by atoms with Gasteiger partial charge in [-0.2, -0.15) is 0 Å². The number of nitrogens with one attached hydrogen (secondary N) is 1. The molecule has 13 heteroatoms. The number of nitrogen functional groups attached to an aromatic ring is 2. The van der Waals surface area contributed by atoms with E-state index in [0.29, 0.717) is 18.8 Å². The predicted molar refractivity (Wildman–Crippen MR) is 157 cm³/mol. The van der Waals surface area contributed by atoms with E-state index in [4.69, 9.17) is 11.5 Å². The van der Waals surface area contributed by atoms with Crippen LogP contribution in [0.5, 0.6) is 0 Å². The van der Waals surface area contributed by atoms with Crippen LogP contribution >= 0.6 is 44.3 Å². The van der Waals surface area contributed by atoms with Crippen LogP contribution in [0.15, 0.2) is 51.4 Å². The fourth-order valence-electron chi connectivity index (χ4n) is 4.69. The number of fused-ring (bicyclic) bond motifs is 2. The highest BCUT2D eigenvalue weighted by Crippen LogP contribution is 2.38. The summed E-state index contributed by atoms with van der Waals surface area (Å²) >= 11 is 6.79. The summed E-state index contributed by atoms with van der Waals surface area (Å²) < 4.78 is 1.56. The Morgan fingerprint density at radius 1 is 0.868 bits per heavy atom. The van der Waals surface area contributed by atoms with Crippen molar-refractivity contribution < 1.29 is 9.85 Å². The van der Waals surface area contributed by atoms with Gasteiger partial charge in [-0.15, -0.1) is 12.4 Å². The van der Waals surface area contributed by atoms with E-state index in [1.165, 1.54) is 17.7 Å². The maximum absolute atomic E-state index is 11.1. The molecule has 3 aromatic rings. The second kappa shape index (κ2) is 12.9.